The van der Waals surface area contributed by atoms with Gasteiger partial charge in [0.1, 0.15) is 6.04 Å². The van der Waals surface area contributed by atoms with E-state index in [1.165, 1.54) is 0 Å². The van der Waals surface area contributed by atoms with Gasteiger partial charge in [-0.15, -0.1) is 0 Å². The number of benzene rings is 3. The molecule has 3 amide bonds. The van der Waals surface area contributed by atoms with Gasteiger partial charge in [-0.05, 0) is 61.2 Å². The molecule has 32 heavy (non-hydrogen) atoms. The van der Waals surface area contributed by atoms with Gasteiger partial charge in [0.2, 0.25) is 0 Å². The number of aliphatic carboxylic acids is 1. The molecular weight excluding hydrogens is 406 g/mol. The van der Waals surface area contributed by atoms with E-state index in [1.807, 2.05) is 57.2 Å². The number of carboxylic acid groups (broad SMARTS) is 1. The highest BCUT2D eigenvalue weighted by Crippen LogP contribution is 2.26. The maximum atomic E-state index is 12.9. The molecule has 7 nitrogen and oxygen atoms in total. The maximum Gasteiger partial charge on any atom is 0.326 e. The average molecular weight is 434 g/mol. The van der Waals surface area contributed by atoms with Gasteiger partial charge in [-0.1, -0.05) is 48.9 Å². The molecule has 166 valence electrons. The van der Waals surface area contributed by atoms with E-state index >= 15 is 0 Å². The van der Waals surface area contributed by atoms with Gasteiger partial charge in [0.15, 0.2) is 0 Å². The Morgan fingerprint density at radius 1 is 0.906 bits per heavy atom. The first-order chi connectivity index (χ1) is 15.2. The normalized spacial score (nSPS) is 11.6. The molecule has 0 unspecified atom stereocenters. The van der Waals surface area contributed by atoms with Gasteiger partial charge in [0.05, 0.1) is 11.3 Å². The van der Waals surface area contributed by atoms with Crippen molar-refractivity contribution < 1.29 is 19.5 Å². The first-order valence-electron chi connectivity index (χ1n) is 10.4. The largest absolute Gasteiger partial charge is 0.480 e. The Kier molecular flexibility index (Phi) is 6.78. The molecule has 0 heterocycles. The minimum Gasteiger partial charge on any atom is -0.480 e. The van der Waals surface area contributed by atoms with Crippen molar-refractivity contribution in [2.24, 2.45) is 0 Å². The zero-order valence-corrected chi connectivity index (χ0v) is 18.6. The zero-order valence-electron chi connectivity index (χ0n) is 18.6. The van der Waals surface area contributed by atoms with E-state index in [9.17, 15) is 19.5 Å². The van der Waals surface area contributed by atoms with E-state index in [0.29, 0.717) is 11.4 Å². The van der Waals surface area contributed by atoms with Crippen LogP contribution < -0.4 is 16.0 Å². The molecule has 0 aromatic heterocycles. The summed E-state index contributed by atoms with van der Waals surface area (Å²) in [5.74, 6) is -1.68. The van der Waals surface area contributed by atoms with Crippen LogP contribution in [-0.2, 0) is 4.79 Å². The number of urea groups is 1. The molecular formula is C25H27N3O4. The zero-order chi connectivity index (χ0) is 23.4. The van der Waals surface area contributed by atoms with Crippen LogP contribution >= 0.6 is 0 Å². The van der Waals surface area contributed by atoms with Crippen LogP contribution in [0, 0.1) is 20.8 Å². The number of carboxylic acids is 1. The lowest BCUT2D eigenvalue weighted by Crippen LogP contribution is -2.40. The number of anilines is 2. The van der Waals surface area contributed by atoms with Crippen molar-refractivity contribution in [3.05, 3.63) is 70.8 Å². The van der Waals surface area contributed by atoms with Crippen molar-refractivity contribution in [2.45, 2.75) is 40.2 Å². The van der Waals surface area contributed by atoms with Crippen LogP contribution in [-0.4, -0.2) is 29.1 Å². The van der Waals surface area contributed by atoms with Crippen molar-refractivity contribution in [3.63, 3.8) is 0 Å². The highest BCUT2D eigenvalue weighted by atomic mass is 16.4. The average Bonchev–Trinajstić information content (AvgIpc) is 2.73. The van der Waals surface area contributed by atoms with Gasteiger partial charge < -0.3 is 21.1 Å². The second-order valence-electron chi connectivity index (χ2n) is 7.87. The van der Waals surface area contributed by atoms with Crippen LogP contribution in [0.5, 0.6) is 0 Å². The first kappa shape index (κ1) is 22.8. The predicted octanol–water partition coefficient (Wildman–Crippen LogP) is 5.00. The Balaban J connectivity index is 1.94. The number of hydrogen-bond donors (Lipinski definition) is 4. The molecule has 0 aliphatic rings. The Labute approximate surface area is 186 Å². The molecule has 0 radical (unpaired) electrons. The summed E-state index contributed by atoms with van der Waals surface area (Å²) < 4.78 is 0. The number of fused-ring (bicyclic) bond motifs is 1. The van der Waals surface area contributed by atoms with Gasteiger partial charge in [0, 0.05) is 5.69 Å². The number of carbonyl (C=O) groups is 3. The molecule has 0 spiro atoms. The third-order valence-electron chi connectivity index (χ3n) is 5.31. The summed E-state index contributed by atoms with van der Waals surface area (Å²) in [7, 11) is 0. The highest BCUT2D eigenvalue weighted by Gasteiger charge is 2.22. The SMILES string of the molecule is CC[C@H](NC(=O)c1cc2ccccc2cc1NC(=O)Nc1c(C)cc(C)cc1C)C(=O)O. The molecule has 0 saturated heterocycles. The van der Waals surface area contributed by atoms with Crippen LogP contribution in [0.1, 0.15) is 40.4 Å². The van der Waals surface area contributed by atoms with E-state index < -0.39 is 23.9 Å². The van der Waals surface area contributed by atoms with Gasteiger partial charge in [-0.3, -0.25) is 4.79 Å². The number of rotatable bonds is 6. The van der Waals surface area contributed by atoms with Crippen LogP contribution in [0.3, 0.4) is 0 Å². The monoisotopic (exact) mass is 433 g/mol. The Morgan fingerprint density at radius 2 is 1.50 bits per heavy atom. The smallest absolute Gasteiger partial charge is 0.326 e. The molecule has 4 N–H and O–H groups in total. The Morgan fingerprint density at radius 3 is 2.06 bits per heavy atom. The summed E-state index contributed by atoms with van der Waals surface area (Å²) in [6.07, 6.45) is 0.240. The van der Waals surface area contributed by atoms with E-state index in [-0.39, 0.29) is 12.0 Å². The fraction of sp³-hybridized carbons (Fsp3) is 0.240. The molecule has 0 bridgehead atoms. The highest BCUT2D eigenvalue weighted by molar-refractivity contribution is 6.10. The topological polar surface area (TPSA) is 108 Å². The second-order valence-corrected chi connectivity index (χ2v) is 7.87. The number of carbonyl (C=O) groups excluding carboxylic acids is 2. The lowest BCUT2D eigenvalue weighted by Gasteiger charge is -2.17. The summed E-state index contributed by atoms with van der Waals surface area (Å²) in [4.78, 5) is 37.1. The predicted molar refractivity (Wildman–Crippen MR) is 126 cm³/mol. The summed E-state index contributed by atoms with van der Waals surface area (Å²) >= 11 is 0. The van der Waals surface area contributed by atoms with Crippen molar-refractivity contribution >= 4 is 40.1 Å². The molecule has 3 rings (SSSR count). The van der Waals surface area contributed by atoms with E-state index in [1.54, 1.807) is 19.1 Å². The van der Waals surface area contributed by atoms with Gasteiger partial charge in [-0.25, -0.2) is 9.59 Å². The van der Waals surface area contributed by atoms with Crippen LogP contribution in [0.15, 0.2) is 48.5 Å². The van der Waals surface area contributed by atoms with E-state index in [2.05, 4.69) is 16.0 Å². The number of aryl methyl sites for hydroxylation is 3. The Hall–Kier alpha value is -3.87. The molecule has 3 aromatic rings. The molecule has 0 fully saturated rings. The maximum absolute atomic E-state index is 12.9. The van der Waals surface area contributed by atoms with Gasteiger partial charge in [-0.2, -0.15) is 0 Å². The molecule has 0 aliphatic heterocycles. The number of nitrogens with one attached hydrogen (secondary N) is 3. The van der Waals surface area contributed by atoms with Crippen molar-refractivity contribution in [3.8, 4) is 0 Å². The fourth-order valence-electron chi connectivity index (χ4n) is 3.75. The standard InChI is InChI=1S/C25H27N3O4/c1-5-20(24(30)31)26-23(29)19-12-17-8-6-7-9-18(17)13-21(19)27-25(32)28-22-15(3)10-14(2)11-16(22)4/h6-13,20H,5H2,1-4H3,(H,26,29)(H,30,31)(H2,27,28,32)/t20-/m0/s1. The van der Waals surface area contributed by atoms with E-state index in [0.717, 1.165) is 27.5 Å². The van der Waals surface area contributed by atoms with Crippen molar-refractivity contribution in [1.29, 1.82) is 0 Å². The lowest BCUT2D eigenvalue weighted by atomic mass is 10.0. The van der Waals surface area contributed by atoms with Crippen molar-refractivity contribution in [2.75, 3.05) is 10.6 Å². The summed E-state index contributed by atoms with van der Waals surface area (Å²) in [6.45, 7) is 7.51. The fourth-order valence-corrected chi connectivity index (χ4v) is 3.75. The Bertz CT molecular complexity index is 1180. The third-order valence-corrected chi connectivity index (χ3v) is 5.31. The third kappa shape index (κ3) is 5.06. The second kappa shape index (κ2) is 9.51. The molecule has 3 aromatic carbocycles. The number of amides is 3. The summed E-state index contributed by atoms with van der Waals surface area (Å²) in [5.41, 5.74) is 4.15. The quantitative estimate of drug-likeness (QED) is 0.439. The molecule has 0 saturated carbocycles. The lowest BCUT2D eigenvalue weighted by molar-refractivity contribution is -0.139. The minimum absolute atomic E-state index is 0.191. The van der Waals surface area contributed by atoms with Crippen molar-refractivity contribution in [1.82, 2.24) is 5.32 Å². The molecule has 7 heteroatoms. The number of hydrogen-bond acceptors (Lipinski definition) is 3. The van der Waals surface area contributed by atoms with Crippen LogP contribution in [0.25, 0.3) is 10.8 Å². The molecule has 0 aliphatic carbocycles. The van der Waals surface area contributed by atoms with E-state index in [4.69, 9.17) is 0 Å². The molecule has 1 atom stereocenters. The van der Waals surface area contributed by atoms with Crippen LogP contribution in [0.2, 0.25) is 0 Å². The van der Waals surface area contributed by atoms with Gasteiger partial charge >= 0.3 is 12.0 Å². The summed E-state index contributed by atoms with van der Waals surface area (Å²) in [6, 6.07) is 13.2. The first-order valence-corrected chi connectivity index (χ1v) is 10.4. The van der Waals surface area contributed by atoms with Gasteiger partial charge in [0.25, 0.3) is 5.91 Å². The minimum atomic E-state index is -1.11. The van der Waals surface area contributed by atoms with Crippen LogP contribution in [0.4, 0.5) is 16.2 Å². The summed E-state index contributed by atoms with van der Waals surface area (Å²) in [5, 5.41) is 19.1.